The van der Waals surface area contributed by atoms with Gasteiger partial charge in [-0.1, -0.05) is 72.4 Å². The third-order valence-corrected chi connectivity index (χ3v) is 5.28. The van der Waals surface area contributed by atoms with Gasteiger partial charge in [-0.25, -0.2) is 4.79 Å². The molecule has 1 unspecified atom stereocenters. The summed E-state index contributed by atoms with van der Waals surface area (Å²) in [6.45, 7) is 1.93. The highest BCUT2D eigenvalue weighted by Crippen LogP contribution is 2.29. The Kier molecular flexibility index (Phi) is 7.34. The fourth-order valence-electron chi connectivity index (χ4n) is 2.90. The molecule has 32 heavy (non-hydrogen) atoms. The highest BCUT2D eigenvalue weighted by molar-refractivity contribution is 7.78. The number of nitro benzene ring substituents is 1. The number of hydrogen-bond acceptors (Lipinski definition) is 5. The molecule has 0 aliphatic heterocycles. The molecule has 1 atom stereocenters. The fraction of sp³-hybridized carbons (Fsp3) is 0.0909. The number of amides is 3. The van der Waals surface area contributed by atoms with Crippen molar-refractivity contribution in [2.75, 3.05) is 10.6 Å². The summed E-state index contributed by atoms with van der Waals surface area (Å²) in [5, 5.41) is 16.4. The van der Waals surface area contributed by atoms with Crippen molar-refractivity contribution < 1.29 is 14.5 Å². The molecule has 0 aliphatic rings. The quantitative estimate of drug-likeness (QED) is 0.247. The number of nitrogens with one attached hydrogen (secondary N) is 2. The van der Waals surface area contributed by atoms with Crippen molar-refractivity contribution >= 4 is 53.4 Å². The van der Waals surface area contributed by atoms with E-state index in [4.69, 9.17) is 11.6 Å². The van der Waals surface area contributed by atoms with Crippen LogP contribution in [0, 0.1) is 17.0 Å². The van der Waals surface area contributed by atoms with Gasteiger partial charge in [0.1, 0.15) is 6.04 Å². The monoisotopic (exact) mass is 470 g/mol. The SMILES string of the molecule is Cc1ccc(NC(=O)C(c2ccccc2)N(S)C(=O)Nc2cc([N+](=O)[O-])ccc2Cl)cc1. The Hall–Kier alpha value is -3.56. The lowest BCUT2D eigenvalue weighted by Crippen LogP contribution is -2.38. The summed E-state index contributed by atoms with van der Waals surface area (Å²) >= 11 is 10.3. The average Bonchev–Trinajstić information content (AvgIpc) is 2.77. The van der Waals surface area contributed by atoms with E-state index in [1.165, 1.54) is 12.1 Å². The molecule has 0 fully saturated rings. The zero-order chi connectivity index (χ0) is 23.3. The third kappa shape index (κ3) is 5.57. The number of anilines is 2. The van der Waals surface area contributed by atoms with Gasteiger partial charge in [0.25, 0.3) is 11.6 Å². The minimum absolute atomic E-state index is 0.0238. The van der Waals surface area contributed by atoms with Gasteiger partial charge in [-0.2, -0.15) is 0 Å². The van der Waals surface area contributed by atoms with Crippen molar-refractivity contribution in [3.63, 3.8) is 0 Å². The molecule has 0 spiro atoms. The van der Waals surface area contributed by atoms with Gasteiger partial charge in [-0.3, -0.25) is 19.2 Å². The van der Waals surface area contributed by atoms with E-state index < -0.39 is 22.9 Å². The predicted molar refractivity (Wildman–Crippen MR) is 127 cm³/mol. The van der Waals surface area contributed by atoms with Gasteiger partial charge in [0, 0.05) is 17.8 Å². The van der Waals surface area contributed by atoms with Gasteiger partial charge in [0.05, 0.1) is 15.6 Å². The third-order valence-electron chi connectivity index (χ3n) is 4.54. The smallest absolute Gasteiger partial charge is 0.324 e. The Morgan fingerprint density at radius 3 is 2.31 bits per heavy atom. The Balaban J connectivity index is 1.86. The van der Waals surface area contributed by atoms with Crippen molar-refractivity contribution in [1.29, 1.82) is 0 Å². The van der Waals surface area contributed by atoms with Gasteiger partial charge < -0.3 is 10.6 Å². The van der Waals surface area contributed by atoms with E-state index in [2.05, 4.69) is 23.4 Å². The van der Waals surface area contributed by atoms with Crippen molar-refractivity contribution in [1.82, 2.24) is 4.31 Å². The molecular weight excluding hydrogens is 452 g/mol. The molecule has 3 rings (SSSR count). The van der Waals surface area contributed by atoms with Crippen LogP contribution in [-0.2, 0) is 4.79 Å². The zero-order valence-corrected chi connectivity index (χ0v) is 18.5. The van der Waals surface area contributed by atoms with E-state index in [0.717, 1.165) is 15.9 Å². The van der Waals surface area contributed by atoms with Crippen LogP contribution in [0.2, 0.25) is 5.02 Å². The molecule has 8 nitrogen and oxygen atoms in total. The molecule has 0 saturated carbocycles. The lowest BCUT2D eigenvalue weighted by molar-refractivity contribution is -0.384. The number of carbonyl (C=O) groups excluding carboxylic acids is 2. The van der Waals surface area contributed by atoms with E-state index in [-0.39, 0.29) is 16.4 Å². The molecular formula is C22H19ClN4O4S. The Morgan fingerprint density at radius 2 is 1.69 bits per heavy atom. The highest BCUT2D eigenvalue weighted by atomic mass is 35.5. The van der Waals surface area contributed by atoms with Gasteiger partial charge in [-0.05, 0) is 30.7 Å². The Morgan fingerprint density at radius 1 is 1.03 bits per heavy atom. The number of nitro groups is 1. The summed E-state index contributed by atoms with van der Waals surface area (Å²) in [4.78, 5) is 36.4. The molecule has 10 heteroatoms. The molecule has 3 amide bonds. The maximum Gasteiger partial charge on any atom is 0.332 e. The van der Waals surface area contributed by atoms with Gasteiger partial charge in [0.2, 0.25) is 0 Å². The summed E-state index contributed by atoms with van der Waals surface area (Å²) in [6.07, 6.45) is 0. The number of thiol groups is 1. The number of benzene rings is 3. The molecule has 3 aromatic rings. The van der Waals surface area contributed by atoms with Crippen molar-refractivity contribution in [3.8, 4) is 0 Å². The van der Waals surface area contributed by atoms with Crippen LogP contribution in [0.25, 0.3) is 0 Å². The average molecular weight is 471 g/mol. The van der Waals surface area contributed by atoms with Crippen LogP contribution in [-0.4, -0.2) is 21.2 Å². The molecule has 0 bridgehead atoms. The van der Waals surface area contributed by atoms with Crippen molar-refractivity contribution in [2.45, 2.75) is 13.0 Å². The van der Waals surface area contributed by atoms with E-state index in [0.29, 0.717) is 11.3 Å². The second-order valence-corrected chi connectivity index (χ2v) is 7.70. The first kappa shape index (κ1) is 23.1. The number of urea groups is 1. The van der Waals surface area contributed by atoms with E-state index in [1.807, 2.05) is 19.1 Å². The molecule has 0 aromatic heterocycles. The zero-order valence-electron chi connectivity index (χ0n) is 16.9. The first-order chi connectivity index (χ1) is 15.3. The maximum absolute atomic E-state index is 13.1. The maximum atomic E-state index is 13.1. The molecule has 2 N–H and O–H groups in total. The lowest BCUT2D eigenvalue weighted by Gasteiger charge is -2.26. The number of rotatable bonds is 6. The molecule has 0 aliphatic carbocycles. The van der Waals surface area contributed by atoms with E-state index >= 15 is 0 Å². The molecule has 0 radical (unpaired) electrons. The summed E-state index contributed by atoms with van der Waals surface area (Å²) in [7, 11) is 0. The van der Waals surface area contributed by atoms with Crippen LogP contribution in [0.4, 0.5) is 21.9 Å². The van der Waals surface area contributed by atoms with Crippen molar-refractivity contribution in [3.05, 3.63) is 99.1 Å². The lowest BCUT2D eigenvalue weighted by atomic mass is 10.1. The number of nitrogens with zero attached hydrogens (tertiary/aromatic N) is 2. The second-order valence-electron chi connectivity index (χ2n) is 6.86. The van der Waals surface area contributed by atoms with Crippen molar-refractivity contribution in [2.24, 2.45) is 0 Å². The van der Waals surface area contributed by atoms with Gasteiger partial charge >= 0.3 is 6.03 Å². The molecule has 3 aromatic carbocycles. The molecule has 0 saturated heterocycles. The number of carbonyl (C=O) groups is 2. The number of non-ortho nitro benzene ring substituents is 1. The standard InChI is InChI=1S/C22H19ClN4O4S/c1-14-7-9-16(10-8-14)24-21(28)20(15-5-3-2-4-6-15)26(32)22(29)25-19-13-17(27(30)31)11-12-18(19)23/h2-13,20,32H,1H3,(H,24,28)(H,25,29). The van der Waals surface area contributed by atoms with E-state index in [1.54, 1.807) is 42.5 Å². The minimum atomic E-state index is -1.10. The van der Waals surface area contributed by atoms with Crippen LogP contribution in [0.5, 0.6) is 0 Å². The van der Waals surface area contributed by atoms with Gasteiger partial charge in [0.15, 0.2) is 0 Å². The topological polar surface area (TPSA) is 105 Å². The summed E-state index contributed by atoms with van der Waals surface area (Å²) in [5.74, 6) is -0.490. The van der Waals surface area contributed by atoms with Crippen LogP contribution in [0.15, 0.2) is 72.8 Å². The minimum Gasteiger partial charge on any atom is -0.324 e. The van der Waals surface area contributed by atoms with Gasteiger partial charge in [-0.15, -0.1) is 0 Å². The Bertz CT molecular complexity index is 1140. The normalized spacial score (nSPS) is 11.3. The Labute approximate surface area is 194 Å². The summed E-state index contributed by atoms with van der Waals surface area (Å²) in [6, 6.07) is 17.6. The first-order valence-electron chi connectivity index (χ1n) is 9.42. The fourth-order valence-corrected chi connectivity index (χ4v) is 3.35. The van der Waals surface area contributed by atoms with Crippen LogP contribution in [0.1, 0.15) is 17.2 Å². The largest absolute Gasteiger partial charge is 0.332 e. The second kappa shape index (κ2) is 10.2. The molecule has 0 heterocycles. The number of hydrogen-bond donors (Lipinski definition) is 3. The summed E-state index contributed by atoms with van der Waals surface area (Å²) < 4.78 is 0.911. The van der Waals surface area contributed by atoms with Crippen LogP contribution < -0.4 is 10.6 Å². The number of halogens is 1. The summed E-state index contributed by atoms with van der Waals surface area (Å²) in [5.41, 5.74) is 1.90. The highest BCUT2D eigenvalue weighted by Gasteiger charge is 2.30. The number of aryl methyl sites for hydroxylation is 1. The van der Waals surface area contributed by atoms with Crippen LogP contribution >= 0.6 is 24.4 Å². The predicted octanol–water partition coefficient (Wildman–Crippen LogP) is 5.62. The first-order valence-corrected chi connectivity index (χ1v) is 10.2. The van der Waals surface area contributed by atoms with E-state index in [9.17, 15) is 19.7 Å². The van der Waals surface area contributed by atoms with Crippen LogP contribution in [0.3, 0.4) is 0 Å². The molecule has 164 valence electrons.